The third-order valence-electron chi connectivity index (χ3n) is 6.04. The van der Waals surface area contributed by atoms with E-state index in [-0.39, 0.29) is 10.5 Å². The predicted octanol–water partition coefficient (Wildman–Crippen LogP) is 3.47. The van der Waals surface area contributed by atoms with Crippen molar-refractivity contribution >= 4 is 38.0 Å². The number of sulfonamides is 1. The van der Waals surface area contributed by atoms with Crippen LogP contribution in [0.3, 0.4) is 0 Å². The average molecular weight is 506 g/mol. The van der Waals surface area contributed by atoms with E-state index in [4.69, 9.17) is 9.72 Å². The van der Waals surface area contributed by atoms with Gasteiger partial charge in [-0.3, -0.25) is 4.79 Å². The van der Waals surface area contributed by atoms with Gasteiger partial charge in [0.25, 0.3) is 5.56 Å². The van der Waals surface area contributed by atoms with Gasteiger partial charge in [0, 0.05) is 42.8 Å². The second-order valence-corrected chi connectivity index (χ2v) is 10.2. The van der Waals surface area contributed by atoms with Crippen molar-refractivity contribution in [3.05, 3.63) is 77.2 Å². The highest BCUT2D eigenvalue weighted by atomic mass is 32.2. The van der Waals surface area contributed by atoms with Crippen molar-refractivity contribution in [3.63, 3.8) is 0 Å². The van der Waals surface area contributed by atoms with Crippen LogP contribution in [0.5, 0.6) is 0 Å². The largest absolute Gasteiger partial charge is 0.378 e. The summed E-state index contributed by atoms with van der Waals surface area (Å²) in [5.41, 5.74) is 2.80. The SMILES string of the molecule is CCNS(=O)(=O)c1cccc(-c2cc3cc[nH]c(=O)c3c(Nc3ccc(N4CCOCC4)cc3)n2)c1. The monoisotopic (exact) mass is 505 g/mol. The molecule has 9 nitrogen and oxygen atoms in total. The molecule has 2 aromatic carbocycles. The third-order valence-corrected chi connectivity index (χ3v) is 7.58. The van der Waals surface area contributed by atoms with Crippen molar-refractivity contribution in [2.24, 2.45) is 0 Å². The minimum absolute atomic E-state index is 0.155. The molecule has 186 valence electrons. The van der Waals surface area contributed by atoms with Crippen LogP contribution in [0.1, 0.15) is 6.92 Å². The summed E-state index contributed by atoms with van der Waals surface area (Å²) >= 11 is 0. The molecule has 5 rings (SSSR count). The lowest BCUT2D eigenvalue weighted by atomic mass is 10.1. The van der Waals surface area contributed by atoms with Crippen LogP contribution in [0.2, 0.25) is 0 Å². The molecule has 1 fully saturated rings. The molecule has 3 heterocycles. The molecule has 0 aliphatic carbocycles. The first-order valence-electron chi connectivity index (χ1n) is 11.8. The Kier molecular flexibility index (Phi) is 6.73. The standard InChI is InChI=1S/C26H27N5O4S/c1-2-28-36(33,34)22-5-3-4-18(16-22)23-17-19-10-11-27-26(32)24(19)25(30-23)29-20-6-8-21(9-7-20)31-12-14-35-15-13-31/h3-11,16-17,28H,2,12-15H2,1H3,(H,27,32)(H,29,30). The Balaban J connectivity index is 1.53. The Hall–Kier alpha value is -3.73. The maximum Gasteiger partial charge on any atom is 0.259 e. The van der Waals surface area contributed by atoms with Gasteiger partial charge in [-0.25, -0.2) is 18.1 Å². The summed E-state index contributed by atoms with van der Waals surface area (Å²) in [6.07, 6.45) is 1.58. The fourth-order valence-corrected chi connectivity index (χ4v) is 5.35. The molecule has 0 atom stereocenters. The van der Waals surface area contributed by atoms with E-state index >= 15 is 0 Å². The highest BCUT2D eigenvalue weighted by molar-refractivity contribution is 7.89. The molecule has 10 heteroatoms. The van der Waals surface area contributed by atoms with Crippen LogP contribution < -0.4 is 20.5 Å². The van der Waals surface area contributed by atoms with Crippen molar-refractivity contribution in [2.75, 3.05) is 43.1 Å². The first kappa shape index (κ1) is 24.0. The van der Waals surface area contributed by atoms with Gasteiger partial charge in [0.2, 0.25) is 10.0 Å². The lowest BCUT2D eigenvalue weighted by Gasteiger charge is -2.28. The number of nitrogens with one attached hydrogen (secondary N) is 3. The molecule has 0 bridgehead atoms. The average Bonchev–Trinajstić information content (AvgIpc) is 2.89. The number of aromatic amines is 1. The summed E-state index contributed by atoms with van der Waals surface area (Å²) < 4.78 is 33.0. The Morgan fingerprint density at radius 2 is 1.83 bits per heavy atom. The quantitative estimate of drug-likeness (QED) is 0.352. The van der Waals surface area contributed by atoms with Gasteiger partial charge < -0.3 is 19.9 Å². The van der Waals surface area contributed by atoms with Crippen LogP contribution in [-0.4, -0.2) is 51.2 Å². The van der Waals surface area contributed by atoms with Crippen molar-refractivity contribution in [2.45, 2.75) is 11.8 Å². The van der Waals surface area contributed by atoms with Gasteiger partial charge in [-0.1, -0.05) is 19.1 Å². The van der Waals surface area contributed by atoms with Crippen molar-refractivity contribution in [1.29, 1.82) is 0 Å². The van der Waals surface area contributed by atoms with Gasteiger partial charge in [-0.15, -0.1) is 0 Å². The fourth-order valence-electron chi connectivity index (χ4n) is 4.26. The number of hydrogen-bond acceptors (Lipinski definition) is 7. The molecule has 0 saturated carbocycles. The maximum absolute atomic E-state index is 12.7. The van der Waals surface area contributed by atoms with E-state index in [0.717, 1.165) is 24.5 Å². The zero-order chi connectivity index (χ0) is 25.1. The number of fused-ring (bicyclic) bond motifs is 1. The van der Waals surface area contributed by atoms with Gasteiger partial charge in [0.05, 0.1) is 29.2 Å². The van der Waals surface area contributed by atoms with Crippen molar-refractivity contribution < 1.29 is 13.2 Å². The van der Waals surface area contributed by atoms with Gasteiger partial charge in [0.15, 0.2) is 0 Å². The molecule has 4 aromatic rings. The number of H-pyrrole nitrogens is 1. The van der Waals surface area contributed by atoms with E-state index in [2.05, 4.69) is 19.9 Å². The summed E-state index contributed by atoms with van der Waals surface area (Å²) in [6, 6.07) is 18.1. The minimum Gasteiger partial charge on any atom is -0.378 e. The number of nitrogens with zero attached hydrogens (tertiary/aromatic N) is 2. The minimum atomic E-state index is -3.62. The third kappa shape index (κ3) is 4.97. The molecular weight excluding hydrogens is 478 g/mol. The second kappa shape index (κ2) is 10.1. The maximum atomic E-state index is 12.7. The van der Waals surface area contributed by atoms with Crippen LogP contribution in [0.25, 0.3) is 22.0 Å². The molecule has 0 spiro atoms. The number of anilines is 3. The Bertz CT molecular complexity index is 1550. The van der Waals surface area contributed by atoms with Gasteiger partial charge >= 0.3 is 0 Å². The second-order valence-electron chi connectivity index (χ2n) is 8.43. The number of morpholine rings is 1. The van der Waals surface area contributed by atoms with E-state index in [1.807, 2.05) is 24.3 Å². The van der Waals surface area contributed by atoms with E-state index in [1.54, 1.807) is 49.5 Å². The van der Waals surface area contributed by atoms with Crippen LogP contribution in [0, 0.1) is 0 Å². The van der Waals surface area contributed by atoms with Crippen molar-refractivity contribution in [1.82, 2.24) is 14.7 Å². The van der Waals surface area contributed by atoms with Gasteiger partial charge in [-0.2, -0.15) is 0 Å². The summed E-state index contributed by atoms with van der Waals surface area (Å²) in [4.78, 5) is 22.6. The lowest BCUT2D eigenvalue weighted by molar-refractivity contribution is 0.122. The van der Waals surface area contributed by atoms with E-state index in [9.17, 15) is 13.2 Å². The molecule has 3 N–H and O–H groups in total. The number of rotatable bonds is 7. The molecule has 2 aromatic heterocycles. The first-order chi connectivity index (χ1) is 17.4. The smallest absolute Gasteiger partial charge is 0.259 e. The fraction of sp³-hybridized carbons (Fsp3) is 0.231. The van der Waals surface area contributed by atoms with Crippen LogP contribution in [0.4, 0.5) is 17.2 Å². The molecular formula is C26H27N5O4S. The molecule has 36 heavy (non-hydrogen) atoms. The zero-order valence-electron chi connectivity index (χ0n) is 19.8. The number of aromatic nitrogens is 2. The Labute approximate surface area is 209 Å². The van der Waals surface area contributed by atoms with Crippen LogP contribution >= 0.6 is 0 Å². The highest BCUT2D eigenvalue weighted by Gasteiger charge is 2.16. The summed E-state index contributed by atoms with van der Waals surface area (Å²) in [5, 5.41) is 4.41. The molecule has 1 aliphatic heterocycles. The van der Waals surface area contributed by atoms with E-state index in [0.29, 0.717) is 47.6 Å². The van der Waals surface area contributed by atoms with Gasteiger partial charge in [-0.05, 0) is 53.9 Å². The van der Waals surface area contributed by atoms with Crippen LogP contribution in [0.15, 0.2) is 76.6 Å². The molecule has 0 radical (unpaired) electrons. The normalized spacial score (nSPS) is 14.2. The topological polar surface area (TPSA) is 116 Å². The molecule has 1 saturated heterocycles. The number of hydrogen-bond donors (Lipinski definition) is 3. The summed E-state index contributed by atoms with van der Waals surface area (Å²) in [7, 11) is -3.62. The Morgan fingerprint density at radius 1 is 1.06 bits per heavy atom. The zero-order valence-corrected chi connectivity index (χ0v) is 20.6. The first-order valence-corrected chi connectivity index (χ1v) is 13.3. The van der Waals surface area contributed by atoms with E-state index in [1.165, 1.54) is 0 Å². The van der Waals surface area contributed by atoms with Crippen molar-refractivity contribution in [3.8, 4) is 11.3 Å². The number of ether oxygens (including phenoxy) is 1. The number of benzene rings is 2. The van der Waals surface area contributed by atoms with Gasteiger partial charge in [0.1, 0.15) is 5.82 Å². The molecule has 0 amide bonds. The van der Waals surface area contributed by atoms with E-state index < -0.39 is 10.0 Å². The summed E-state index contributed by atoms with van der Waals surface area (Å²) in [6.45, 7) is 5.14. The Morgan fingerprint density at radius 3 is 2.58 bits per heavy atom. The van der Waals surface area contributed by atoms with Crippen LogP contribution in [-0.2, 0) is 14.8 Å². The molecule has 0 unspecified atom stereocenters. The lowest BCUT2D eigenvalue weighted by Crippen LogP contribution is -2.36. The number of pyridine rings is 2. The molecule has 1 aliphatic rings. The predicted molar refractivity (Wildman–Crippen MR) is 141 cm³/mol. The highest BCUT2D eigenvalue weighted by Crippen LogP contribution is 2.29. The summed E-state index contributed by atoms with van der Waals surface area (Å²) in [5.74, 6) is 0.392.